The van der Waals surface area contributed by atoms with Crippen LogP contribution < -0.4 is 5.73 Å². The van der Waals surface area contributed by atoms with Gasteiger partial charge in [0.05, 0.1) is 11.5 Å². The van der Waals surface area contributed by atoms with Gasteiger partial charge in [0, 0.05) is 6.04 Å². The van der Waals surface area contributed by atoms with Crippen molar-refractivity contribution in [1.29, 1.82) is 0 Å². The first-order valence-corrected chi connectivity index (χ1v) is 5.78. The second-order valence-corrected chi connectivity index (χ2v) is 5.71. The van der Waals surface area contributed by atoms with Gasteiger partial charge >= 0.3 is 0 Å². The van der Waals surface area contributed by atoms with Crippen LogP contribution in [-0.2, 0) is 9.84 Å². The zero-order valence-electron chi connectivity index (χ0n) is 6.79. The highest BCUT2D eigenvalue weighted by atomic mass is 32.2. The monoisotopic (exact) mass is 177 g/mol. The van der Waals surface area contributed by atoms with Crippen molar-refractivity contribution in [3.8, 4) is 0 Å². The van der Waals surface area contributed by atoms with Crippen LogP contribution >= 0.6 is 0 Å². The average molecular weight is 177 g/mol. The van der Waals surface area contributed by atoms with E-state index in [2.05, 4.69) is 0 Å². The van der Waals surface area contributed by atoms with Crippen molar-refractivity contribution in [2.45, 2.75) is 25.8 Å². The molecule has 0 radical (unpaired) electrons. The number of hydrogen-bond donors (Lipinski definition) is 1. The Bertz CT molecular complexity index is 221. The molecule has 1 aliphatic heterocycles. The van der Waals surface area contributed by atoms with Crippen LogP contribution in [0.15, 0.2) is 0 Å². The van der Waals surface area contributed by atoms with E-state index in [-0.39, 0.29) is 6.04 Å². The van der Waals surface area contributed by atoms with Crippen LogP contribution in [0.2, 0.25) is 0 Å². The Morgan fingerprint density at radius 3 is 2.64 bits per heavy atom. The Morgan fingerprint density at radius 2 is 2.27 bits per heavy atom. The maximum Gasteiger partial charge on any atom is 0.150 e. The zero-order valence-corrected chi connectivity index (χ0v) is 7.60. The van der Waals surface area contributed by atoms with Gasteiger partial charge in [0.15, 0.2) is 9.84 Å². The fraction of sp³-hybridized carbons (Fsp3) is 1.00. The molecule has 0 amide bonds. The summed E-state index contributed by atoms with van der Waals surface area (Å²) in [5, 5.41) is 0. The van der Waals surface area contributed by atoms with Crippen molar-refractivity contribution in [2.24, 2.45) is 11.7 Å². The Balaban J connectivity index is 2.43. The van der Waals surface area contributed by atoms with Gasteiger partial charge in [0.25, 0.3) is 0 Å². The third-order valence-corrected chi connectivity index (χ3v) is 3.87. The summed E-state index contributed by atoms with van der Waals surface area (Å²) in [6, 6.07) is 0.133. The Labute approximate surface area is 67.9 Å². The molecule has 3 nitrogen and oxygen atoms in total. The highest BCUT2D eigenvalue weighted by molar-refractivity contribution is 7.91. The summed E-state index contributed by atoms with van der Waals surface area (Å²) < 4.78 is 22.0. The minimum Gasteiger partial charge on any atom is -0.328 e. The number of rotatable bonds is 2. The van der Waals surface area contributed by atoms with Crippen LogP contribution in [0, 0.1) is 5.92 Å². The van der Waals surface area contributed by atoms with Crippen molar-refractivity contribution in [1.82, 2.24) is 0 Å². The number of sulfone groups is 1. The summed E-state index contributed by atoms with van der Waals surface area (Å²) >= 11 is 0. The van der Waals surface area contributed by atoms with E-state index in [0.717, 1.165) is 12.8 Å². The molecule has 0 aliphatic carbocycles. The van der Waals surface area contributed by atoms with Gasteiger partial charge in [-0.15, -0.1) is 0 Å². The molecule has 1 rings (SSSR count). The van der Waals surface area contributed by atoms with Crippen LogP contribution in [0.1, 0.15) is 19.8 Å². The second kappa shape index (κ2) is 3.11. The lowest BCUT2D eigenvalue weighted by atomic mass is 10.0. The fourth-order valence-corrected chi connectivity index (χ4v) is 3.46. The van der Waals surface area contributed by atoms with Gasteiger partial charge in [-0.3, -0.25) is 0 Å². The quantitative estimate of drug-likeness (QED) is 0.653. The third-order valence-electron chi connectivity index (χ3n) is 2.03. The van der Waals surface area contributed by atoms with Gasteiger partial charge < -0.3 is 5.73 Å². The third kappa shape index (κ3) is 2.79. The molecule has 2 N–H and O–H groups in total. The van der Waals surface area contributed by atoms with Gasteiger partial charge in [0.1, 0.15) is 0 Å². The average Bonchev–Trinajstić information content (AvgIpc) is 2.08. The van der Waals surface area contributed by atoms with E-state index < -0.39 is 9.84 Å². The molecule has 66 valence electrons. The van der Waals surface area contributed by atoms with Crippen molar-refractivity contribution >= 4 is 9.84 Å². The number of nitrogens with two attached hydrogens (primary N) is 1. The first-order valence-electron chi connectivity index (χ1n) is 3.95. The van der Waals surface area contributed by atoms with E-state index in [4.69, 9.17) is 5.73 Å². The van der Waals surface area contributed by atoms with Crippen molar-refractivity contribution in [3.05, 3.63) is 0 Å². The van der Waals surface area contributed by atoms with Crippen LogP contribution in [0.4, 0.5) is 0 Å². The predicted molar refractivity (Wildman–Crippen MR) is 45.0 cm³/mol. The summed E-state index contributed by atoms with van der Waals surface area (Å²) in [5.41, 5.74) is 5.57. The maximum absolute atomic E-state index is 11.0. The molecule has 1 unspecified atom stereocenters. The molecular weight excluding hydrogens is 162 g/mol. The van der Waals surface area contributed by atoms with Crippen LogP contribution in [0.25, 0.3) is 0 Å². The van der Waals surface area contributed by atoms with E-state index in [1.165, 1.54) is 0 Å². The van der Waals surface area contributed by atoms with E-state index in [0.29, 0.717) is 17.4 Å². The molecule has 0 spiro atoms. The molecule has 0 aromatic heterocycles. The number of hydrogen-bond acceptors (Lipinski definition) is 3. The van der Waals surface area contributed by atoms with Crippen molar-refractivity contribution in [2.75, 3.05) is 11.5 Å². The Hall–Kier alpha value is -0.0900. The van der Waals surface area contributed by atoms with Crippen molar-refractivity contribution < 1.29 is 8.42 Å². The van der Waals surface area contributed by atoms with E-state index >= 15 is 0 Å². The molecule has 2 atom stereocenters. The summed E-state index contributed by atoms with van der Waals surface area (Å²) in [4.78, 5) is 0. The van der Waals surface area contributed by atoms with Crippen LogP contribution in [-0.4, -0.2) is 26.0 Å². The molecule has 0 aromatic rings. The molecule has 1 fully saturated rings. The SMILES string of the molecule is C[C@H](N)CC1CCS(=O)(=O)C1. The van der Waals surface area contributed by atoms with Crippen molar-refractivity contribution in [3.63, 3.8) is 0 Å². The lowest BCUT2D eigenvalue weighted by molar-refractivity contribution is 0.490. The van der Waals surface area contributed by atoms with E-state index in [1.54, 1.807) is 0 Å². The highest BCUT2D eigenvalue weighted by Gasteiger charge is 2.27. The highest BCUT2D eigenvalue weighted by Crippen LogP contribution is 2.21. The second-order valence-electron chi connectivity index (χ2n) is 3.48. The molecule has 0 saturated carbocycles. The van der Waals surface area contributed by atoms with Gasteiger partial charge in [-0.25, -0.2) is 8.42 Å². The summed E-state index contributed by atoms with van der Waals surface area (Å²) in [7, 11) is -2.70. The van der Waals surface area contributed by atoms with Crippen LogP contribution in [0.3, 0.4) is 0 Å². The van der Waals surface area contributed by atoms with Gasteiger partial charge in [-0.05, 0) is 25.7 Å². The molecule has 0 bridgehead atoms. The van der Waals surface area contributed by atoms with E-state index in [9.17, 15) is 8.42 Å². The molecule has 11 heavy (non-hydrogen) atoms. The fourth-order valence-electron chi connectivity index (χ4n) is 1.58. The normalized spacial score (nSPS) is 32.0. The summed E-state index contributed by atoms with van der Waals surface area (Å²) in [6.07, 6.45) is 1.66. The topological polar surface area (TPSA) is 60.2 Å². The maximum atomic E-state index is 11.0. The lowest BCUT2D eigenvalue weighted by Gasteiger charge is -2.09. The Kier molecular flexibility index (Phi) is 2.54. The lowest BCUT2D eigenvalue weighted by Crippen LogP contribution is -2.20. The first kappa shape index (κ1) is 9.00. The molecule has 1 heterocycles. The minimum absolute atomic E-state index is 0.133. The van der Waals surface area contributed by atoms with Gasteiger partial charge in [-0.2, -0.15) is 0 Å². The van der Waals surface area contributed by atoms with E-state index in [1.807, 2.05) is 6.92 Å². The van der Waals surface area contributed by atoms with Gasteiger partial charge in [0.2, 0.25) is 0 Å². The zero-order chi connectivity index (χ0) is 8.48. The molecule has 0 aromatic carbocycles. The first-order chi connectivity index (χ1) is 4.99. The molecular formula is C7H15NO2S. The minimum atomic E-state index is -2.70. The van der Waals surface area contributed by atoms with Crippen LogP contribution in [0.5, 0.6) is 0 Å². The largest absolute Gasteiger partial charge is 0.328 e. The molecule has 4 heteroatoms. The molecule has 1 aliphatic rings. The standard InChI is InChI=1S/C7H15NO2S/c1-6(8)4-7-2-3-11(9,10)5-7/h6-7H,2-5,8H2,1H3/t6-,7?/m0/s1. The smallest absolute Gasteiger partial charge is 0.150 e. The summed E-state index contributed by atoms with van der Waals surface area (Å²) in [5.74, 6) is 1.04. The predicted octanol–water partition coefficient (Wildman–Crippen LogP) is 0.158. The molecule has 1 saturated heterocycles. The Morgan fingerprint density at radius 1 is 1.64 bits per heavy atom. The van der Waals surface area contributed by atoms with Gasteiger partial charge in [-0.1, -0.05) is 0 Å². The summed E-state index contributed by atoms with van der Waals surface area (Å²) in [6.45, 7) is 1.92.